The van der Waals surface area contributed by atoms with Crippen molar-refractivity contribution in [2.75, 3.05) is 13.2 Å². The summed E-state index contributed by atoms with van der Waals surface area (Å²) in [5.41, 5.74) is 2.29. The van der Waals surface area contributed by atoms with Gasteiger partial charge < -0.3 is 14.8 Å². The number of benzene rings is 2. The van der Waals surface area contributed by atoms with E-state index in [9.17, 15) is 4.79 Å². The van der Waals surface area contributed by atoms with E-state index < -0.39 is 6.10 Å². The number of para-hydroxylation sites is 1. The van der Waals surface area contributed by atoms with Crippen LogP contribution in [0, 0.1) is 6.92 Å². The molecule has 4 heteroatoms. The summed E-state index contributed by atoms with van der Waals surface area (Å²) in [5, 5.41) is 2.95. The highest BCUT2D eigenvalue weighted by molar-refractivity contribution is 5.80. The third-order valence-electron chi connectivity index (χ3n) is 4.03. The van der Waals surface area contributed by atoms with Gasteiger partial charge in [0.2, 0.25) is 0 Å². The highest BCUT2D eigenvalue weighted by Gasteiger charge is 2.14. The van der Waals surface area contributed by atoms with Crippen LogP contribution in [0.15, 0.2) is 48.5 Å². The summed E-state index contributed by atoms with van der Waals surface area (Å²) in [6, 6.07) is 15.8. The normalized spacial score (nSPS) is 11.7. The van der Waals surface area contributed by atoms with Crippen molar-refractivity contribution in [2.24, 2.45) is 0 Å². The van der Waals surface area contributed by atoms with Gasteiger partial charge in [-0.15, -0.1) is 0 Å². The maximum atomic E-state index is 12.2. The number of rotatable bonds is 10. The minimum absolute atomic E-state index is 0.0953. The second-order valence-electron chi connectivity index (χ2n) is 6.43. The predicted molar refractivity (Wildman–Crippen MR) is 105 cm³/mol. The smallest absolute Gasteiger partial charge is 0.260 e. The maximum absolute atomic E-state index is 12.2. The fourth-order valence-corrected chi connectivity index (χ4v) is 2.64. The Morgan fingerprint density at radius 2 is 1.96 bits per heavy atom. The summed E-state index contributed by atoms with van der Waals surface area (Å²) in [7, 11) is 0. The molecular formula is C22H29NO3. The Labute approximate surface area is 156 Å². The van der Waals surface area contributed by atoms with Crippen LogP contribution in [0.4, 0.5) is 0 Å². The van der Waals surface area contributed by atoms with Crippen LogP contribution in [-0.4, -0.2) is 25.2 Å². The van der Waals surface area contributed by atoms with E-state index in [0.29, 0.717) is 6.54 Å². The SMILES string of the molecule is CCCOc1ccccc1CCCNC(=O)[C@@H](C)Oc1cccc(C)c1. The number of ether oxygens (including phenoxy) is 2. The van der Waals surface area contributed by atoms with E-state index in [-0.39, 0.29) is 5.91 Å². The summed E-state index contributed by atoms with van der Waals surface area (Å²) >= 11 is 0. The molecule has 0 aliphatic carbocycles. The van der Waals surface area contributed by atoms with Crippen LogP contribution in [0.1, 0.15) is 37.8 Å². The molecule has 1 N–H and O–H groups in total. The Kier molecular flexibility index (Phi) is 8.00. The van der Waals surface area contributed by atoms with Gasteiger partial charge in [-0.25, -0.2) is 0 Å². The fourth-order valence-electron chi connectivity index (χ4n) is 2.64. The molecule has 0 saturated heterocycles. The molecule has 2 aromatic rings. The Morgan fingerprint density at radius 3 is 2.73 bits per heavy atom. The van der Waals surface area contributed by atoms with Gasteiger partial charge in [-0.2, -0.15) is 0 Å². The molecule has 0 radical (unpaired) electrons. The Hall–Kier alpha value is -2.49. The highest BCUT2D eigenvalue weighted by atomic mass is 16.5. The van der Waals surface area contributed by atoms with Gasteiger partial charge in [-0.3, -0.25) is 4.79 Å². The lowest BCUT2D eigenvalue weighted by Crippen LogP contribution is -2.36. The van der Waals surface area contributed by atoms with Gasteiger partial charge in [0.05, 0.1) is 6.61 Å². The van der Waals surface area contributed by atoms with Crippen LogP contribution in [0.3, 0.4) is 0 Å². The van der Waals surface area contributed by atoms with Crippen molar-refractivity contribution >= 4 is 5.91 Å². The number of aryl methyl sites for hydroxylation is 2. The van der Waals surface area contributed by atoms with Gasteiger partial charge in [0.25, 0.3) is 5.91 Å². The van der Waals surface area contributed by atoms with E-state index in [1.807, 2.05) is 49.4 Å². The van der Waals surface area contributed by atoms with Gasteiger partial charge in [-0.05, 0) is 62.4 Å². The van der Waals surface area contributed by atoms with Gasteiger partial charge in [0.15, 0.2) is 6.10 Å². The van der Waals surface area contributed by atoms with Gasteiger partial charge in [0.1, 0.15) is 11.5 Å². The Balaban J connectivity index is 1.74. The fraction of sp³-hybridized carbons (Fsp3) is 0.409. The average Bonchev–Trinajstić information content (AvgIpc) is 2.64. The van der Waals surface area contributed by atoms with Gasteiger partial charge >= 0.3 is 0 Å². The van der Waals surface area contributed by atoms with E-state index in [1.165, 1.54) is 5.56 Å². The summed E-state index contributed by atoms with van der Waals surface area (Å²) in [5.74, 6) is 1.56. The molecule has 0 spiro atoms. The zero-order valence-electron chi connectivity index (χ0n) is 16.0. The summed E-state index contributed by atoms with van der Waals surface area (Å²) in [6.45, 7) is 7.20. The van der Waals surface area contributed by atoms with E-state index in [0.717, 1.165) is 42.9 Å². The molecule has 0 bridgehead atoms. The van der Waals surface area contributed by atoms with Crippen molar-refractivity contribution < 1.29 is 14.3 Å². The molecule has 2 aromatic carbocycles. The summed E-state index contributed by atoms with van der Waals surface area (Å²) < 4.78 is 11.5. The first-order chi connectivity index (χ1) is 12.6. The maximum Gasteiger partial charge on any atom is 0.260 e. The second-order valence-corrected chi connectivity index (χ2v) is 6.43. The number of carbonyl (C=O) groups is 1. The number of amides is 1. The molecule has 0 saturated carbocycles. The molecule has 0 aromatic heterocycles. The molecule has 26 heavy (non-hydrogen) atoms. The van der Waals surface area contributed by atoms with Crippen molar-refractivity contribution in [1.29, 1.82) is 0 Å². The number of carbonyl (C=O) groups excluding carboxylic acids is 1. The van der Waals surface area contributed by atoms with Crippen LogP contribution >= 0.6 is 0 Å². The molecule has 1 amide bonds. The minimum atomic E-state index is -0.517. The quantitative estimate of drug-likeness (QED) is 0.647. The summed E-state index contributed by atoms with van der Waals surface area (Å²) in [4.78, 5) is 12.2. The lowest BCUT2D eigenvalue weighted by molar-refractivity contribution is -0.127. The van der Waals surface area contributed by atoms with Crippen molar-refractivity contribution in [3.05, 3.63) is 59.7 Å². The van der Waals surface area contributed by atoms with Crippen LogP contribution in [0.25, 0.3) is 0 Å². The lowest BCUT2D eigenvalue weighted by Gasteiger charge is -2.15. The molecule has 0 aliphatic heterocycles. The third-order valence-corrected chi connectivity index (χ3v) is 4.03. The zero-order valence-corrected chi connectivity index (χ0v) is 16.0. The molecular weight excluding hydrogens is 326 g/mol. The van der Waals surface area contributed by atoms with E-state index in [1.54, 1.807) is 6.92 Å². The van der Waals surface area contributed by atoms with E-state index >= 15 is 0 Å². The number of hydrogen-bond acceptors (Lipinski definition) is 3. The largest absolute Gasteiger partial charge is 0.493 e. The Morgan fingerprint density at radius 1 is 1.15 bits per heavy atom. The van der Waals surface area contributed by atoms with Crippen LogP contribution < -0.4 is 14.8 Å². The molecule has 2 rings (SSSR count). The van der Waals surface area contributed by atoms with Gasteiger partial charge in [-0.1, -0.05) is 37.3 Å². The first-order valence-corrected chi connectivity index (χ1v) is 9.32. The third kappa shape index (κ3) is 6.43. The summed E-state index contributed by atoms with van der Waals surface area (Å²) in [6.07, 6.45) is 2.20. The minimum Gasteiger partial charge on any atom is -0.493 e. The first kappa shape index (κ1) is 19.8. The molecule has 140 valence electrons. The zero-order chi connectivity index (χ0) is 18.8. The van der Waals surface area contributed by atoms with Crippen molar-refractivity contribution in [1.82, 2.24) is 5.32 Å². The van der Waals surface area contributed by atoms with Crippen LogP contribution in [0.5, 0.6) is 11.5 Å². The number of hydrogen-bond donors (Lipinski definition) is 1. The lowest BCUT2D eigenvalue weighted by atomic mass is 10.1. The van der Waals surface area contributed by atoms with Crippen LogP contribution in [-0.2, 0) is 11.2 Å². The topological polar surface area (TPSA) is 47.6 Å². The number of nitrogens with one attached hydrogen (secondary N) is 1. The van der Waals surface area contributed by atoms with E-state index in [4.69, 9.17) is 9.47 Å². The molecule has 0 fully saturated rings. The molecule has 0 heterocycles. The van der Waals surface area contributed by atoms with Crippen molar-refractivity contribution in [3.63, 3.8) is 0 Å². The highest BCUT2D eigenvalue weighted by Crippen LogP contribution is 2.19. The molecule has 0 unspecified atom stereocenters. The van der Waals surface area contributed by atoms with Gasteiger partial charge in [0, 0.05) is 6.54 Å². The Bertz CT molecular complexity index is 699. The monoisotopic (exact) mass is 355 g/mol. The predicted octanol–water partition coefficient (Wildman–Crippen LogP) is 4.30. The average molecular weight is 355 g/mol. The van der Waals surface area contributed by atoms with Crippen molar-refractivity contribution in [3.8, 4) is 11.5 Å². The van der Waals surface area contributed by atoms with Crippen LogP contribution in [0.2, 0.25) is 0 Å². The van der Waals surface area contributed by atoms with E-state index in [2.05, 4.69) is 18.3 Å². The molecule has 4 nitrogen and oxygen atoms in total. The second kappa shape index (κ2) is 10.5. The standard InChI is InChI=1S/C22H29NO3/c1-4-15-25-21-13-6-5-10-19(21)11-8-14-23-22(24)18(3)26-20-12-7-9-17(2)16-20/h5-7,9-10,12-13,16,18H,4,8,11,14-15H2,1-3H3,(H,23,24)/t18-/m1/s1. The first-order valence-electron chi connectivity index (χ1n) is 9.32. The molecule has 1 atom stereocenters. The van der Waals surface area contributed by atoms with Crippen molar-refractivity contribution in [2.45, 2.75) is 46.1 Å². The molecule has 0 aliphatic rings.